The molecule has 2 N–H and O–H groups in total. The van der Waals surface area contributed by atoms with Crippen molar-refractivity contribution in [2.45, 2.75) is 11.8 Å². The number of anilines is 1. The first-order chi connectivity index (χ1) is 12.1. The molecule has 1 amide bonds. The number of benzene rings is 2. The molecular weight excluding hydrogens is 382 g/mol. The molecule has 0 radical (unpaired) electrons. The Morgan fingerprint density at radius 3 is 2.35 bits per heavy atom. The maximum absolute atomic E-state index is 12.2. The van der Waals surface area contributed by atoms with Crippen LogP contribution in [-0.4, -0.2) is 39.7 Å². The van der Waals surface area contributed by atoms with Gasteiger partial charge in [0.1, 0.15) is 0 Å². The number of nitrogens with one attached hydrogen (secondary N) is 1. The van der Waals surface area contributed by atoms with Crippen molar-refractivity contribution in [1.82, 2.24) is 0 Å². The highest BCUT2D eigenvalue weighted by molar-refractivity contribution is 7.91. The molecule has 0 fully saturated rings. The Bertz CT molecular complexity index is 997. The lowest BCUT2D eigenvalue weighted by molar-refractivity contribution is 0.102. The zero-order valence-corrected chi connectivity index (χ0v) is 15.4. The summed E-state index contributed by atoms with van der Waals surface area (Å²) in [5, 5.41) is 2.60. The largest absolute Gasteiger partial charge is 0.397 e. The summed E-state index contributed by atoms with van der Waals surface area (Å²) in [4.78, 5) is 12.1. The van der Waals surface area contributed by atoms with Crippen LogP contribution < -0.4 is 5.32 Å². The molecule has 0 unspecified atom stereocenters. The van der Waals surface area contributed by atoms with Gasteiger partial charge in [-0.25, -0.2) is 12.6 Å². The van der Waals surface area contributed by atoms with Gasteiger partial charge < -0.3 is 5.32 Å². The first-order valence-corrected chi connectivity index (χ1v) is 10.4. The first kappa shape index (κ1) is 20.0. The lowest BCUT2D eigenvalue weighted by Gasteiger charge is -2.09. The molecule has 0 spiro atoms. The van der Waals surface area contributed by atoms with Crippen molar-refractivity contribution in [1.29, 1.82) is 0 Å². The number of sulfone groups is 1. The molecule has 0 heterocycles. The van der Waals surface area contributed by atoms with Crippen molar-refractivity contribution in [3.05, 3.63) is 59.7 Å². The van der Waals surface area contributed by atoms with Gasteiger partial charge in [-0.1, -0.05) is 23.8 Å². The van der Waals surface area contributed by atoms with Crippen LogP contribution in [0.1, 0.15) is 15.9 Å². The van der Waals surface area contributed by atoms with Crippen molar-refractivity contribution in [3.63, 3.8) is 0 Å². The summed E-state index contributed by atoms with van der Waals surface area (Å²) in [7, 11) is -8.57. The summed E-state index contributed by atoms with van der Waals surface area (Å²) < 4.78 is 57.8. The van der Waals surface area contributed by atoms with E-state index in [4.69, 9.17) is 4.55 Å². The fraction of sp³-hybridized carbons (Fsp3) is 0.188. The Morgan fingerprint density at radius 1 is 1.08 bits per heavy atom. The number of carbonyl (C=O) groups excluding carboxylic acids is 1. The number of hydrogen-bond acceptors (Lipinski definition) is 6. The minimum absolute atomic E-state index is 0.113. The number of hydrogen-bond donors (Lipinski definition) is 2. The Hall–Kier alpha value is -2.27. The van der Waals surface area contributed by atoms with Crippen LogP contribution in [0.15, 0.2) is 53.4 Å². The fourth-order valence-corrected chi connectivity index (χ4v) is 3.57. The normalized spacial score (nSPS) is 11.9. The van der Waals surface area contributed by atoms with Crippen LogP contribution in [0.25, 0.3) is 0 Å². The highest BCUT2D eigenvalue weighted by Crippen LogP contribution is 2.18. The third-order valence-corrected chi connectivity index (χ3v) is 5.49. The quantitative estimate of drug-likeness (QED) is 0.680. The molecule has 0 aliphatic carbocycles. The van der Waals surface area contributed by atoms with Crippen LogP contribution in [0.3, 0.4) is 0 Å². The standard InChI is InChI=1S/C16H17NO7S2/c1-12-5-7-13(8-6-12)16(18)17-14-3-2-4-15(11-14)25(19,20)10-9-24-26(21,22)23/h2-8,11H,9-10H2,1H3,(H,17,18)(H,21,22,23). The van der Waals surface area contributed by atoms with Gasteiger partial charge in [0.05, 0.1) is 17.3 Å². The van der Waals surface area contributed by atoms with Gasteiger partial charge in [-0.3, -0.25) is 9.35 Å². The van der Waals surface area contributed by atoms with E-state index in [1.807, 2.05) is 6.92 Å². The van der Waals surface area contributed by atoms with E-state index in [1.165, 1.54) is 24.3 Å². The molecule has 0 aliphatic rings. The van der Waals surface area contributed by atoms with Crippen molar-refractivity contribution < 1.29 is 30.4 Å². The number of aryl methyl sites for hydroxylation is 1. The van der Waals surface area contributed by atoms with E-state index in [0.717, 1.165) is 5.56 Å². The maximum Gasteiger partial charge on any atom is 0.397 e. The lowest BCUT2D eigenvalue weighted by atomic mass is 10.1. The Balaban J connectivity index is 2.11. The molecule has 2 rings (SSSR count). The molecule has 0 aliphatic heterocycles. The van der Waals surface area contributed by atoms with E-state index in [2.05, 4.69) is 9.50 Å². The van der Waals surface area contributed by atoms with E-state index >= 15 is 0 Å². The SMILES string of the molecule is Cc1ccc(C(=O)Nc2cccc(S(=O)(=O)CCOS(=O)(=O)O)c2)cc1. The van der Waals surface area contributed by atoms with Crippen LogP contribution >= 0.6 is 0 Å². The third kappa shape index (κ3) is 5.92. The Morgan fingerprint density at radius 2 is 1.73 bits per heavy atom. The molecule has 10 heteroatoms. The highest BCUT2D eigenvalue weighted by atomic mass is 32.3. The third-order valence-electron chi connectivity index (χ3n) is 3.35. The Labute approximate surface area is 151 Å². The molecule has 26 heavy (non-hydrogen) atoms. The topological polar surface area (TPSA) is 127 Å². The molecule has 0 aromatic heterocycles. The lowest BCUT2D eigenvalue weighted by Crippen LogP contribution is -2.16. The molecule has 0 saturated heterocycles. The van der Waals surface area contributed by atoms with Gasteiger partial charge in [-0.15, -0.1) is 0 Å². The summed E-state index contributed by atoms with van der Waals surface area (Å²) in [6, 6.07) is 12.4. The van der Waals surface area contributed by atoms with Crippen molar-refractivity contribution in [2.24, 2.45) is 0 Å². The van der Waals surface area contributed by atoms with Gasteiger partial charge in [0, 0.05) is 11.3 Å². The summed E-state index contributed by atoms with van der Waals surface area (Å²) in [5.41, 5.74) is 1.69. The summed E-state index contributed by atoms with van der Waals surface area (Å²) >= 11 is 0. The second-order valence-corrected chi connectivity index (χ2v) is 8.62. The van der Waals surface area contributed by atoms with Crippen molar-refractivity contribution >= 4 is 31.8 Å². The van der Waals surface area contributed by atoms with Crippen LogP contribution in [0.5, 0.6) is 0 Å². The monoisotopic (exact) mass is 399 g/mol. The van der Waals surface area contributed by atoms with Crippen LogP contribution in [0.4, 0.5) is 5.69 Å². The number of rotatable bonds is 7. The molecule has 2 aromatic carbocycles. The van der Waals surface area contributed by atoms with Crippen LogP contribution in [0.2, 0.25) is 0 Å². The van der Waals surface area contributed by atoms with Gasteiger partial charge in [0.25, 0.3) is 5.91 Å². The zero-order chi connectivity index (χ0) is 19.4. The fourth-order valence-electron chi connectivity index (χ4n) is 2.04. The van der Waals surface area contributed by atoms with Gasteiger partial charge in [-0.2, -0.15) is 8.42 Å². The predicted molar refractivity (Wildman–Crippen MR) is 95.1 cm³/mol. The second-order valence-electron chi connectivity index (χ2n) is 5.42. The number of carbonyl (C=O) groups is 1. The zero-order valence-electron chi connectivity index (χ0n) is 13.7. The molecule has 0 atom stereocenters. The predicted octanol–water partition coefficient (Wildman–Crippen LogP) is 1.84. The van der Waals surface area contributed by atoms with Gasteiger partial charge in [-0.05, 0) is 37.3 Å². The van der Waals surface area contributed by atoms with Crippen molar-refractivity contribution in [2.75, 3.05) is 17.7 Å². The average molecular weight is 399 g/mol. The average Bonchev–Trinajstić information content (AvgIpc) is 2.54. The van der Waals surface area contributed by atoms with E-state index in [9.17, 15) is 21.6 Å². The van der Waals surface area contributed by atoms with Crippen molar-refractivity contribution in [3.8, 4) is 0 Å². The van der Waals surface area contributed by atoms with Gasteiger partial charge >= 0.3 is 10.4 Å². The smallest absolute Gasteiger partial charge is 0.322 e. The van der Waals surface area contributed by atoms with Crippen LogP contribution in [-0.2, 0) is 24.4 Å². The minimum atomic E-state index is -4.71. The molecule has 140 valence electrons. The molecule has 8 nitrogen and oxygen atoms in total. The minimum Gasteiger partial charge on any atom is -0.322 e. The number of amides is 1. The maximum atomic E-state index is 12.2. The molecule has 0 saturated carbocycles. The van der Waals surface area contributed by atoms with E-state index in [0.29, 0.717) is 5.56 Å². The molecular formula is C16H17NO7S2. The molecule has 0 bridgehead atoms. The summed E-state index contributed by atoms with van der Waals surface area (Å²) in [6.45, 7) is 1.17. The highest BCUT2D eigenvalue weighted by Gasteiger charge is 2.17. The Kier molecular flexibility index (Phi) is 6.13. The van der Waals surface area contributed by atoms with Gasteiger partial charge in [0.2, 0.25) is 0 Å². The van der Waals surface area contributed by atoms with Crippen LogP contribution in [0, 0.1) is 6.92 Å². The first-order valence-electron chi connectivity index (χ1n) is 7.39. The summed E-state index contributed by atoms with van der Waals surface area (Å²) in [6.07, 6.45) is 0. The van der Waals surface area contributed by atoms with E-state index in [1.54, 1.807) is 24.3 Å². The summed E-state index contributed by atoms with van der Waals surface area (Å²) in [5.74, 6) is -1.04. The molecule has 2 aromatic rings. The van der Waals surface area contributed by atoms with Gasteiger partial charge in [0.15, 0.2) is 9.84 Å². The second kappa shape index (κ2) is 7.96. The van der Waals surface area contributed by atoms with E-state index < -0.39 is 38.5 Å². The van der Waals surface area contributed by atoms with E-state index in [-0.39, 0.29) is 10.6 Å².